The molecule has 1 unspecified atom stereocenters. The van der Waals surface area contributed by atoms with Crippen LogP contribution in [0.25, 0.3) is 0 Å². The van der Waals surface area contributed by atoms with Gasteiger partial charge in [-0.1, -0.05) is 15.9 Å². The van der Waals surface area contributed by atoms with Gasteiger partial charge in [0.25, 0.3) is 0 Å². The van der Waals surface area contributed by atoms with Gasteiger partial charge in [0.1, 0.15) is 5.75 Å². The summed E-state index contributed by atoms with van der Waals surface area (Å²) in [5, 5.41) is 3.34. The van der Waals surface area contributed by atoms with E-state index in [1.165, 1.54) is 26.0 Å². The largest absolute Gasteiger partial charge is 0.497 e. The third-order valence-corrected chi connectivity index (χ3v) is 5.53. The second kappa shape index (κ2) is 7.58. The van der Waals surface area contributed by atoms with Gasteiger partial charge in [-0.3, -0.25) is 0 Å². The van der Waals surface area contributed by atoms with Crippen LogP contribution in [0.2, 0.25) is 0 Å². The highest BCUT2D eigenvalue weighted by molar-refractivity contribution is 9.10. The molecule has 0 bridgehead atoms. The summed E-state index contributed by atoms with van der Waals surface area (Å²) in [7, 11) is -1.98. The van der Waals surface area contributed by atoms with Crippen molar-refractivity contribution >= 4 is 26.0 Å². The summed E-state index contributed by atoms with van der Waals surface area (Å²) >= 11 is 3.30. The first-order valence-corrected chi connectivity index (χ1v) is 9.34. The summed E-state index contributed by atoms with van der Waals surface area (Å²) in [6.07, 6.45) is 3.19. The predicted octanol–water partition coefficient (Wildman–Crippen LogP) is 2.13. The lowest BCUT2D eigenvalue weighted by Crippen LogP contribution is -2.33. The van der Waals surface area contributed by atoms with Crippen LogP contribution in [0.5, 0.6) is 5.75 Å². The zero-order valence-electron chi connectivity index (χ0n) is 12.1. The number of methoxy groups -OCH3 is 1. The maximum Gasteiger partial charge on any atom is 0.240 e. The molecule has 1 aromatic carbocycles. The van der Waals surface area contributed by atoms with Gasteiger partial charge in [-0.05, 0) is 50.4 Å². The van der Waals surface area contributed by atoms with Crippen LogP contribution in [0.3, 0.4) is 0 Å². The Morgan fingerprint density at radius 1 is 1.43 bits per heavy atom. The highest BCUT2D eigenvalue weighted by atomic mass is 79.9. The molecule has 1 heterocycles. The summed E-state index contributed by atoms with van der Waals surface area (Å²) in [6, 6.07) is 4.83. The van der Waals surface area contributed by atoms with Crippen LogP contribution in [0, 0.1) is 5.92 Å². The second-order valence-corrected chi connectivity index (χ2v) is 7.91. The molecule has 0 radical (unpaired) electrons. The van der Waals surface area contributed by atoms with E-state index in [0.717, 1.165) is 19.5 Å². The number of benzene rings is 1. The first-order valence-electron chi connectivity index (χ1n) is 7.06. The number of ether oxygens (including phenoxy) is 1. The number of hydrogen-bond donors (Lipinski definition) is 2. The molecule has 2 rings (SSSR count). The van der Waals surface area contributed by atoms with E-state index in [1.54, 1.807) is 12.1 Å². The van der Waals surface area contributed by atoms with Crippen molar-refractivity contribution in [1.82, 2.24) is 10.0 Å². The van der Waals surface area contributed by atoms with E-state index in [9.17, 15) is 8.42 Å². The van der Waals surface area contributed by atoms with Gasteiger partial charge in [-0.2, -0.15) is 0 Å². The normalized spacial score (nSPS) is 19.4. The van der Waals surface area contributed by atoms with Crippen LogP contribution in [-0.4, -0.2) is 35.2 Å². The number of nitrogens with one attached hydrogen (secondary N) is 2. The lowest BCUT2D eigenvalue weighted by atomic mass is 9.96. The minimum absolute atomic E-state index is 0.218. The molecule has 2 N–H and O–H groups in total. The van der Waals surface area contributed by atoms with Gasteiger partial charge in [0.05, 0.1) is 12.0 Å². The van der Waals surface area contributed by atoms with Crippen molar-refractivity contribution in [3.05, 3.63) is 22.7 Å². The predicted molar refractivity (Wildman–Crippen MR) is 86.1 cm³/mol. The van der Waals surface area contributed by atoms with Crippen molar-refractivity contribution in [2.24, 2.45) is 5.92 Å². The Morgan fingerprint density at radius 3 is 2.90 bits per heavy atom. The smallest absolute Gasteiger partial charge is 0.240 e. The Bertz CT molecular complexity index is 572. The highest BCUT2D eigenvalue weighted by Gasteiger charge is 2.18. The average Bonchev–Trinajstić information content (AvgIpc) is 2.47. The monoisotopic (exact) mass is 376 g/mol. The van der Waals surface area contributed by atoms with Crippen molar-refractivity contribution < 1.29 is 13.2 Å². The van der Waals surface area contributed by atoms with E-state index < -0.39 is 10.0 Å². The van der Waals surface area contributed by atoms with E-state index in [0.29, 0.717) is 22.7 Å². The lowest BCUT2D eigenvalue weighted by Gasteiger charge is -2.22. The third kappa shape index (κ3) is 4.95. The van der Waals surface area contributed by atoms with Crippen LogP contribution in [0.15, 0.2) is 27.6 Å². The number of hydrogen-bond acceptors (Lipinski definition) is 4. The van der Waals surface area contributed by atoms with E-state index in [4.69, 9.17) is 4.74 Å². The molecule has 1 aromatic rings. The molecule has 118 valence electrons. The number of piperidine rings is 1. The van der Waals surface area contributed by atoms with Crippen LogP contribution in [0.4, 0.5) is 0 Å². The van der Waals surface area contributed by atoms with Crippen LogP contribution in [0.1, 0.15) is 19.3 Å². The van der Waals surface area contributed by atoms with Gasteiger partial charge >= 0.3 is 0 Å². The molecule has 5 nitrogen and oxygen atoms in total. The molecule has 21 heavy (non-hydrogen) atoms. The van der Waals surface area contributed by atoms with Crippen molar-refractivity contribution in [3.63, 3.8) is 0 Å². The van der Waals surface area contributed by atoms with Gasteiger partial charge in [0.2, 0.25) is 10.0 Å². The summed E-state index contributed by atoms with van der Waals surface area (Å²) in [6.45, 7) is 2.51. The van der Waals surface area contributed by atoms with Crippen molar-refractivity contribution in [1.29, 1.82) is 0 Å². The topological polar surface area (TPSA) is 67.4 Å². The quantitative estimate of drug-likeness (QED) is 0.797. The fourth-order valence-corrected chi connectivity index (χ4v) is 4.19. The molecule has 7 heteroatoms. The van der Waals surface area contributed by atoms with Crippen LogP contribution >= 0.6 is 15.9 Å². The molecule has 1 fully saturated rings. The zero-order valence-corrected chi connectivity index (χ0v) is 14.5. The Hall–Kier alpha value is -0.630. The summed E-state index contributed by atoms with van der Waals surface area (Å²) in [5.41, 5.74) is 0. The van der Waals surface area contributed by atoms with Gasteiger partial charge in [-0.15, -0.1) is 0 Å². The van der Waals surface area contributed by atoms with Crippen molar-refractivity contribution in [3.8, 4) is 5.75 Å². The molecule has 1 aliphatic rings. The van der Waals surface area contributed by atoms with E-state index >= 15 is 0 Å². The van der Waals surface area contributed by atoms with E-state index in [1.807, 2.05) is 0 Å². The average molecular weight is 377 g/mol. The Labute approximate surface area is 134 Å². The highest BCUT2D eigenvalue weighted by Crippen LogP contribution is 2.24. The second-order valence-electron chi connectivity index (χ2n) is 5.23. The van der Waals surface area contributed by atoms with Gasteiger partial charge in [0, 0.05) is 17.1 Å². The van der Waals surface area contributed by atoms with Gasteiger partial charge in [0.15, 0.2) is 0 Å². The molecular weight excluding hydrogens is 356 g/mol. The SMILES string of the molecule is COc1cc(Br)cc(S(=O)(=O)NCCC2CCCNC2)c1. The number of halogens is 1. The zero-order chi connectivity index (χ0) is 15.3. The number of rotatable bonds is 6. The molecule has 0 aliphatic carbocycles. The molecule has 1 atom stereocenters. The molecule has 0 aromatic heterocycles. The van der Waals surface area contributed by atoms with Gasteiger partial charge in [-0.25, -0.2) is 13.1 Å². The maximum atomic E-state index is 12.3. The first kappa shape index (κ1) is 16.7. The summed E-state index contributed by atoms with van der Waals surface area (Å²) in [5.74, 6) is 1.07. The fraction of sp³-hybridized carbons (Fsp3) is 0.571. The van der Waals surface area contributed by atoms with E-state index in [2.05, 4.69) is 26.0 Å². The minimum Gasteiger partial charge on any atom is -0.497 e. The Kier molecular flexibility index (Phi) is 6.04. The van der Waals surface area contributed by atoms with Crippen molar-refractivity contribution in [2.75, 3.05) is 26.7 Å². The Morgan fingerprint density at radius 2 is 2.24 bits per heavy atom. The van der Waals surface area contributed by atoms with Crippen LogP contribution in [-0.2, 0) is 10.0 Å². The lowest BCUT2D eigenvalue weighted by molar-refractivity contribution is 0.358. The maximum absolute atomic E-state index is 12.3. The fourth-order valence-electron chi connectivity index (χ4n) is 2.46. The number of sulfonamides is 1. The molecule has 0 saturated carbocycles. The molecule has 0 amide bonds. The first-order chi connectivity index (χ1) is 10.0. The standard InChI is InChI=1S/C14H21BrN2O3S/c1-20-13-7-12(15)8-14(9-13)21(18,19)17-6-4-11-3-2-5-16-10-11/h7-9,11,16-17H,2-6,10H2,1H3. The summed E-state index contributed by atoms with van der Waals surface area (Å²) < 4.78 is 33.0. The third-order valence-electron chi connectivity index (χ3n) is 3.63. The molecule has 1 aliphatic heterocycles. The van der Waals surface area contributed by atoms with E-state index in [-0.39, 0.29) is 4.90 Å². The van der Waals surface area contributed by atoms with Crippen molar-refractivity contribution in [2.45, 2.75) is 24.2 Å². The summed E-state index contributed by atoms with van der Waals surface area (Å²) in [4.78, 5) is 0.218. The molecule has 0 spiro atoms. The van der Waals surface area contributed by atoms with Crippen LogP contribution < -0.4 is 14.8 Å². The minimum atomic E-state index is -3.50. The Balaban J connectivity index is 1.96. The van der Waals surface area contributed by atoms with Gasteiger partial charge < -0.3 is 10.1 Å². The molecule has 1 saturated heterocycles. The molecular formula is C14H21BrN2O3S.